The number of ether oxygens (including phenoxy) is 1. The molecule has 6 nitrogen and oxygen atoms in total. The first-order chi connectivity index (χ1) is 10.7. The highest BCUT2D eigenvalue weighted by Crippen LogP contribution is 2.15. The van der Waals surface area contributed by atoms with Crippen molar-refractivity contribution in [3.63, 3.8) is 0 Å². The van der Waals surface area contributed by atoms with Crippen LogP contribution in [0.1, 0.15) is 24.5 Å². The van der Waals surface area contributed by atoms with Crippen LogP contribution in [0, 0.1) is 6.92 Å². The quantitative estimate of drug-likeness (QED) is 0.319. The smallest absolute Gasteiger partial charge is 0.191 e. The van der Waals surface area contributed by atoms with Gasteiger partial charge in [0, 0.05) is 13.2 Å². The molecule has 0 saturated heterocycles. The van der Waals surface area contributed by atoms with Gasteiger partial charge in [0.25, 0.3) is 0 Å². The first-order valence-electron chi connectivity index (χ1n) is 7.25. The van der Waals surface area contributed by atoms with Crippen molar-refractivity contribution in [3.8, 4) is 5.75 Å². The highest BCUT2D eigenvalue weighted by molar-refractivity contribution is 14.0. The standard InChI is InChI=1S/C16H22N4O2.HI/c1-12-6-7-15(22-12)13(2)20-16(17-3)19-9-10-21-14-5-4-8-18-11-14;/h4-8,11,13H,9-10H2,1-3H3,(H2,17,19,20);1H. The van der Waals surface area contributed by atoms with Crippen molar-refractivity contribution < 1.29 is 9.15 Å². The molecule has 2 aromatic heterocycles. The molecule has 0 fully saturated rings. The lowest BCUT2D eigenvalue weighted by atomic mass is 10.2. The zero-order valence-electron chi connectivity index (χ0n) is 13.6. The minimum absolute atomic E-state index is 0. The summed E-state index contributed by atoms with van der Waals surface area (Å²) in [5.41, 5.74) is 0. The van der Waals surface area contributed by atoms with Crippen molar-refractivity contribution >= 4 is 29.9 Å². The zero-order chi connectivity index (χ0) is 15.8. The molecule has 0 aromatic carbocycles. The van der Waals surface area contributed by atoms with E-state index in [1.807, 2.05) is 38.1 Å². The number of aryl methyl sites for hydroxylation is 1. The molecular weight excluding hydrogens is 407 g/mol. The Balaban J connectivity index is 0.00000264. The molecule has 0 aliphatic rings. The third-order valence-corrected chi connectivity index (χ3v) is 3.06. The topological polar surface area (TPSA) is 71.7 Å². The van der Waals surface area contributed by atoms with E-state index in [2.05, 4.69) is 20.6 Å². The predicted molar refractivity (Wildman–Crippen MR) is 102 cm³/mol. The van der Waals surface area contributed by atoms with Crippen molar-refractivity contribution in [2.75, 3.05) is 20.2 Å². The minimum Gasteiger partial charge on any atom is -0.490 e. The van der Waals surface area contributed by atoms with Gasteiger partial charge in [0.15, 0.2) is 5.96 Å². The van der Waals surface area contributed by atoms with E-state index in [4.69, 9.17) is 9.15 Å². The summed E-state index contributed by atoms with van der Waals surface area (Å²) in [5, 5.41) is 6.47. The van der Waals surface area contributed by atoms with Gasteiger partial charge in [-0.05, 0) is 38.1 Å². The predicted octanol–water partition coefficient (Wildman–Crippen LogP) is 2.91. The average Bonchev–Trinajstić information content (AvgIpc) is 2.98. The van der Waals surface area contributed by atoms with E-state index in [1.165, 1.54) is 0 Å². The number of rotatable bonds is 6. The Morgan fingerprint density at radius 3 is 2.83 bits per heavy atom. The number of furan rings is 1. The summed E-state index contributed by atoms with van der Waals surface area (Å²) >= 11 is 0. The molecule has 0 aliphatic carbocycles. The first kappa shape index (κ1) is 19.3. The largest absolute Gasteiger partial charge is 0.490 e. The molecular formula is C16H23IN4O2. The molecule has 23 heavy (non-hydrogen) atoms. The molecule has 0 amide bonds. The van der Waals surface area contributed by atoms with Crippen LogP contribution in [0.5, 0.6) is 5.75 Å². The highest BCUT2D eigenvalue weighted by atomic mass is 127. The van der Waals surface area contributed by atoms with E-state index in [1.54, 1.807) is 19.4 Å². The molecule has 0 saturated carbocycles. The lowest BCUT2D eigenvalue weighted by molar-refractivity contribution is 0.320. The van der Waals surface area contributed by atoms with Crippen molar-refractivity contribution in [1.29, 1.82) is 0 Å². The molecule has 126 valence electrons. The fraction of sp³-hybridized carbons (Fsp3) is 0.375. The highest BCUT2D eigenvalue weighted by Gasteiger charge is 2.10. The summed E-state index contributed by atoms with van der Waals surface area (Å²) in [6.45, 7) is 5.12. The molecule has 1 unspecified atom stereocenters. The van der Waals surface area contributed by atoms with Crippen molar-refractivity contribution in [3.05, 3.63) is 48.2 Å². The molecule has 1 atom stereocenters. The second-order valence-corrected chi connectivity index (χ2v) is 4.85. The lowest BCUT2D eigenvalue weighted by Gasteiger charge is -2.16. The number of aliphatic imine (C=N–C) groups is 1. The number of halogens is 1. The van der Waals surface area contributed by atoms with Crippen molar-refractivity contribution in [2.45, 2.75) is 19.9 Å². The van der Waals surface area contributed by atoms with Crippen LogP contribution in [0.15, 0.2) is 46.1 Å². The van der Waals surface area contributed by atoms with Gasteiger partial charge in [0.1, 0.15) is 23.9 Å². The van der Waals surface area contributed by atoms with Crippen molar-refractivity contribution in [2.24, 2.45) is 4.99 Å². The van der Waals surface area contributed by atoms with Gasteiger partial charge in [-0.15, -0.1) is 24.0 Å². The van der Waals surface area contributed by atoms with E-state index in [0.29, 0.717) is 19.1 Å². The Hall–Kier alpha value is -1.77. The summed E-state index contributed by atoms with van der Waals surface area (Å²) in [4.78, 5) is 8.19. The van der Waals surface area contributed by atoms with E-state index >= 15 is 0 Å². The van der Waals surface area contributed by atoms with Gasteiger partial charge in [0.05, 0.1) is 18.8 Å². The fourth-order valence-corrected chi connectivity index (χ4v) is 1.93. The maximum absolute atomic E-state index is 5.60. The summed E-state index contributed by atoms with van der Waals surface area (Å²) in [6.07, 6.45) is 3.41. The van der Waals surface area contributed by atoms with Crippen molar-refractivity contribution in [1.82, 2.24) is 15.6 Å². The summed E-state index contributed by atoms with van der Waals surface area (Å²) in [6, 6.07) is 7.67. The van der Waals surface area contributed by atoms with Gasteiger partial charge < -0.3 is 19.8 Å². The van der Waals surface area contributed by atoms with E-state index in [9.17, 15) is 0 Å². The van der Waals surface area contributed by atoms with Crippen LogP contribution in [0.25, 0.3) is 0 Å². The summed E-state index contributed by atoms with van der Waals surface area (Å²) in [5.74, 6) is 3.24. The Kier molecular flexibility index (Phi) is 8.46. The number of hydrogen-bond acceptors (Lipinski definition) is 4. The maximum atomic E-state index is 5.60. The molecule has 0 spiro atoms. The second-order valence-electron chi connectivity index (χ2n) is 4.85. The van der Waals surface area contributed by atoms with Gasteiger partial charge in [-0.1, -0.05) is 0 Å². The lowest BCUT2D eigenvalue weighted by Crippen LogP contribution is -2.40. The summed E-state index contributed by atoms with van der Waals surface area (Å²) < 4.78 is 11.2. The average molecular weight is 430 g/mol. The van der Waals surface area contributed by atoms with Gasteiger partial charge in [0.2, 0.25) is 0 Å². The number of pyridine rings is 1. The molecule has 0 aliphatic heterocycles. The first-order valence-corrected chi connectivity index (χ1v) is 7.25. The van der Waals surface area contributed by atoms with Crippen LogP contribution in [-0.2, 0) is 0 Å². The van der Waals surface area contributed by atoms with Crippen LogP contribution in [0.2, 0.25) is 0 Å². The zero-order valence-corrected chi connectivity index (χ0v) is 15.9. The third-order valence-electron chi connectivity index (χ3n) is 3.06. The number of nitrogens with zero attached hydrogens (tertiary/aromatic N) is 2. The van der Waals surface area contributed by atoms with Gasteiger partial charge >= 0.3 is 0 Å². The normalized spacial score (nSPS) is 12.2. The molecule has 0 bridgehead atoms. The molecule has 2 aromatic rings. The minimum atomic E-state index is 0. The SMILES string of the molecule is CN=C(NCCOc1cccnc1)NC(C)c1ccc(C)o1.I. The number of hydrogen-bond donors (Lipinski definition) is 2. The van der Waals surface area contributed by atoms with Crippen LogP contribution in [0.3, 0.4) is 0 Å². The van der Waals surface area contributed by atoms with E-state index in [0.717, 1.165) is 17.3 Å². The Labute approximate surface area is 153 Å². The number of nitrogens with one attached hydrogen (secondary N) is 2. The number of aromatic nitrogens is 1. The molecule has 2 heterocycles. The fourth-order valence-electron chi connectivity index (χ4n) is 1.93. The van der Waals surface area contributed by atoms with Crippen LogP contribution < -0.4 is 15.4 Å². The van der Waals surface area contributed by atoms with Gasteiger partial charge in [-0.2, -0.15) is 0 Å². The Bertz CT molecular complexity index is 601. The molecule has 2 rings (SSSR count). The number of guanidine groups is 1. The van der Waals surface area contributed by atoms with Gasteiger partial charge in [-0.3, -0.25) is 9.98 Å². The van der Waals surface area contributed by atoms with Crippen LogP contribution >= 0.6 is 24.0 Å². The molecule has 0 radical (unpaired) electrons. The van der Waals surface area contributed by atoms with Gasteiger partial charge in [-0.25, -0.2) is 0 Å². The van der Waals surface area contributed by atoms with E-state index < -0.39 is 0 Å². The van der Waals surface area contributed by atoms with E-state index in [-0.39, 0.29) is 30.0 Å². The molecule has 2 N–H and O–H groups in total. The third kappa shape index (κ3) is 6.47. The van der Waals surface area contributed by atoms with Crippen LogP contribution in [-0.4, -0.2) is 31.1 Å². The Morgan fingerprint density at radius 2 is 2.22 bits per heavy atom. The second kappa shape index (κ2) is 10.1. The summed E-state index contributed by atoms with van der Waals surface area (Å²) in [7, 11) is 1.73. The van der Waals surface area contributed by atoms with Crippen LogP contribution in [0.4, 0.5) is 0 Å². The molecule has 7 heteroatoms. The Morgan fingerprint density at radius 1 is 1.39 bits per heavy atom. The maximum Gasteiger partial charge on any atom is 0.191 e. The monoisotopic (exact) mass is 430 g/mol.